The summed E-state index contributed by atoms with van der Waals surface area (Å²) in [5, 5.41) is 0. The molecule has 2 atom stereocenters. The third-order valence-corrected chi connectivity index (χ3v) is 12.1. The maximum absolute atomic E-state index is 14.4. The van der Waals surface area contributed by atoms with Crippen LogP contribution in [0.1, 0.15) is 36.1 Å². The molecule has 2 aliphatic heterocycles. The van der Waals surface area contributed by atoms with Gasteiger partial charge in [0.2, 0.25) is 11.2 Å². The molecule has 2 aliphatic rings. The van der Waals surface area contributed by atoms with Crippen LogP contribution in [-0.2, 0) is 34.3 Å². The summed E-state index contributed by atoms with van der Waals surface area (Å²) in [6.07, 6.45) is -1.50. The van der Waals surface area contributed by atoms with Gasteiger partial charge in [0.05, 0.1) is 0 Å². The van der Waals surface area contributed by atoms with Crippen LogP contribution in [0.3, 0.4) is 0 Å². The molecule has 0 N–H and O–H groups in total. The van der Waals surface area contributed by atoms with Gasteiger partial charge in [0.1, 0.15) is 12.2 Å². The van der Waals surface area contributed by atoms with Gasteiger partial charge < -0.3 is 9.47 Å². The van der Waals surface area contributed by atoms with Gasteiger partial charge in [-0.3, -0.25) is 0 Å². The molecule has 0 amide bonds. The van der Waals surface area contributed by atoms with E-state index in [0.29, 0.717) is 0 Å². The molecular weight excluding hydrogens is 991 g/mol. The summed E-state index contributed by atoms with van der Waals surface area (Å²) < 4.78 is 45.7. The molecule has 0 bridgehead atoms. The van der Waals surface area contributed by atoms with Gasteiger partial charge in [0.15, 0.2) is 5.79 Å². The Balaban J connectivity index is 1.76. The zero-order valence-corrected chi connectivity index (χ0v) is 31.4. The van der Waals surface area contributed by atoms with Crippen molar-refractivity contribution in [3.05, 3.63) is 134 Å². The van der Waals surface area contributed by atoms with Crippen LogP contribution >= 0.6 is 98.6 Å². The number of ether oxygens (including phenoxy) is 2. The summed E-state index contributed by atoms with van der Waals surface area (Å²) in [5.41, 5.74) is 0.736. The average Bonchev–Trinajstić information content (AvgIpc) is 3.23. The highest BCUT2D eigenvalue weighted by Gasteiger charge is 2.72. The van der Waals surface area contributed by atoms with E-state index in [4.69, 9.17) is 18.5 Å². The summed E-state index contributed by atoms with van der Waals surface area (Å²) in [5.74, 6) is -0.998. The van der Waals surface area contributed by atoms with E-state index in [1.54, 1.807) is 0 Å². The van der Waals surface area contributed by atoms with E-state index >= 15 is 0 Å². The molecule has 2 heterocycles. The van der Waals surface area contributed by atoms with Crippen molar-refractivity contribution in [1.29, 1.82) is 0 Å². The Bertz CT molecular complexity index is 1440. The summed E-state index contributed by atoms with van der Waals surface area (Å²) in [7, 11) is -2.72. The number of hydrogen-bond donors (Lipinski definition) is 0. The van der Waals surface area contributed by atoms with E-state index < -0.39 is 37.5 Å². The maximum atomic E-state index is 14.4. The van der Waals surface area contributed by atoms with E-state index in [-0.39, 0.29) is 0 Å². The molecule has 10 heteroatoms. The van der Waals surface area contributed by atoms with Crippen LogP contribution in [0.5, 0.6) is 0 Å². The summed E-state index contributed by atoms with van der Waals surface area (Å²) in [4.78, 5) is 0. The second kappa shape index (κ2) is 11.9. The molecule has 6 rings (SSSR count). The van der Waals surface area contributed by atoms with Gasteiger partial charge in [-0.05, 0) is 128 Å². The molecular formula is C31H24I4O5P+. The normalized spacial score (nSPS) is 22.6. The maximum Gasteiger partial charge on any atom is 0.700 e. The lowest BCUT2D eigenvalue weighted by molar-refractivity contribution is -0.174. The standard InChI is InChI=1S/C31H24I4O5P/c1-29(2)37-27-28(38-29)31(21-13-5-9-17-25(21)34,22-14-6-10-18-26(22)35)40-41(36)39-30(27,19-11-3-7-15-23(19)32)20-12-4-8-16-24(20)33/h3-18,27-28H,1-2H3/q+1/t27-,28-/m1/s1. The summed E-state index contributed by atoms with van der Waals surface area (Å²) in [6.45, 7) is 3.82. The van der Waals surface area contributed by atoms with Gasteiger partial charge in [-0.25, -0.2) is 0 Å². The van der Waals surface area contributed by atoms with Crippen molar-refractivity contribution < 1.29 is 23.1 Å². The Labute approximate surface area is 295 Å². The predicted octanol–water partition coefficient (Wildman–Crippen LogP) is 9.52. The largest absolute Gasteiger partial charge is 0.700 e. The lowest BCUT2D eigenvalue weighted by Crippen LogP contribution is -2.54. The molecule has 0 unspecified atom stereocenters. The number of halogens is 4. The van der Waals surface area contributed by atoms with E-state index in [2.05, 4.69) is 90.4 Å². The number of fused-ring (bicyclic) bond motifs is 1. The fraction of sp³-hybridized carbons (Fsp3) is 0.226. The van der Waals surface area contributed by atoms with E-state index in [9.17, 15) is 4.57 Å². The fourth-order valence-corrected chi connectivity index (χ4v) is 10.1. The number of rotatable bonds is 4. The van der Waals surface area contributed by atoms with Crippen LogP contribution in [0.2, 0.25) is 0 Å². The van der Waals surface area contributed by atoms with Crippen LogP contribution in [0.4, 0.5) is 0 Å². The van der Waals surface area contributed by atoms with Crippen LogP contribution in [0, 0.1) is 14.3 Å². The highest BCUT2D eigenvalue weighted by atomic mass is 127. The molecule has 0 spiro atoms. The second-order valence-electron chi connectivity index (χ2n) is 10.3. The van der Waals surface area contributed by atoms with E-state index in [0.717, 1.165) is 36.5 Å². The van der Waals surface area contributed by atoms with Crippen molar-refractivity contribution in [3.63, 3.8) is 0 Å². The molecule has 0 aromatic heterocycles. The third-order valence-electron chi connectivity index (χ3n) is 7.43. The lowest BCUT2D eigenvalue weighted by Gasteiger charge is -2.39. The molecule has 4 aromatic rings. The Morgan fingerprint density at radius 3 is 1.07 bits per heavy atom. The number of hydrogen-bond acceptors (Lipinski definition) is 5. The Kier molecular flexibility index (Phi) is 8.94. The van der Waals surface area contributed by atoms with Crippen molar-refractivity contribution in [2.24, 2.45) is 0 Å². The van der Waals surface area contributed by atoms with Gasteiger partial charge in [-0.1, -0.05) is 81.8 Å². The van der Waals surface area contributed by atoms with Gasteiger partial charge in [-0.15, -0.1) is 0 Å². The molecule has 41 heavy (non-hydrogen) atoms. The van der Waals surface area contributed by atoms with Crippen molar-refractivity contribution in [3.8, 4) is 0 Å². The molecule has 0 aliphatic carbocycles. The van der Waals surface area contributed by atoms with Crippen LogP contribution in [0.15, 0.2) is 97.1 Å². The van der Waals surface area contributed by atoms with Crippen molar-refractivity contribution >= 4 is 98.6 Å². The first-order valence-corrected chi connectivity index (χ1v) is 18.2. The molecule has 5 nitrogen and oxygen atoms in total. The Hall–Kier alpha value is -0.260. The quantitative estimate of drug-likeness (QED) is 0.151. The van der Waals surface area contributed by atoms with E-state index in [1.807, 2.05) is 111 Å². The minimum absolute atomic E-state index is 0.752. The monoisotopic (exact) mass is 1010 g/mol. The zero-order valence-electron chi connectivity index (χ0n) is 21.9. The first-order valence-electron chi connectivity index (χ1n) is 12.8. The van der Waals surface area contributed by atoms with Crippen LogP contribution in [-0.4, -0.2) is 18.0 Å². The predicted molar refractivity (Wildman–Crippen MR) is 192 cm³/mol. The van der Waals surface area contributed by atoms with E-state index in [1.165, 1.54) is 0 Å². The van der Waals surface area contributed by atoms with Crippen LogP contribution < -0.4 is 0 Å². The SMILES string of the molecule is CC1(C)O[C@@H]2[C@@H](O1)C(c1ccccc1I)(c1ccccc1I)O[P+](=O)OC2(c1ccccc1I)c1ccccc1I. The van der Waals surface area contributed by atoms with Gasteiger partial charge >= 0.3 is 8.25 Å². The second-order valence-corrected chi connectivity index (χ2v) is 15.7. The van der Waals surface area contributed by atoms with Crippen molar-refractivity contribution in [1.82, 2.24) is 0 Å². The molecule has 4 aromatic carbocycles. The summed E-state index contributed by atoms with van der Waals surface area (Å²) in [6, 6.07) is 32.0. The smallest absolute Gasteiger partial charge is 0.340 e. The third kappa shape index (κ3) is 5.26. The molecule has 210 valence electrons. The highest BCUT2D eigenvalue weighted by molar-refractivity contribution is 14.1. The lowest BCUT2D eigenvalue weighted by atomic mass is 9.72. The minimum Gasteiger partial charge on any atom is -0.340 e. The average molecular weight is 1020 g/mol. The van der Waals surface area contributed by atoms with Crippen molar-refractivity contribution in [2.75, 3.05) is 0 Å². The number of benzene rings is 4. The fourth-order valence-electron chi connectivity index (χ4n) is 5.86. The highest BCUT2D eigenvalue weighted by Crippen LogP contribution is 2.62. The first-order chi connectivity index (χ1) is 19.6. The minimum atomic E-state index is -2.72. The topological polar surface area (TPSA) is 54.0 Å². The van der Waals surface area contributed by atoms with Gasteiger partial charge in [-0.2, -0.15) is 0 Å². The van der Waals surface area contributed by atoms with Crippen molar-refractivity contribution in [2.45, 2.75) is 43.0 Å². The molecule has 0 saturated carbocycles. The van der Waals surface area contributed by atoms with Crippen LogP contribution in [0.25, 0.3) is 0 Å². The van der Waals surface area contributed by atoms with Gasteiger partial charge in [0, 0.05) is 41.1 Å². The molecule has 2 saturated heterocycles. The van der Waals surface area contributed by atoms with Gasteiger partial charge in [0.25, 0.3) is 0 Å². The Morgan fingerprint density at radius 1 is 0.537 bits per heavy atom. The zero-order chi connectivity index (χ0) is 29.0. The first kappa shape index (κ1) is 30.8. The summed E-state index contributed by atoms with van der Waals surface area (Å²) >= 11 is 9.28. The Morgan fingerprint density at radius 2 is 0.805 bits per heavy atom. The molecule has 0 radical (unpaired) electrons. The molecule has 2 fully saturated rings.